The second-order valence-corrected chi connectivity index (χ2v) is 6.01. The van der Waals surface area contributed by atoms with Crippen molar-refractivity contribution < 1.29 is 23.1 Å². The van der Waals surface area contributed by atoms with Crippen molar-refractivity contribution in [3.05, 3.63) is 70.2 Å². The molecule has 0 heterocycles. The Bertz CT molecular complexity index is 734. The lowest BCUT2D eigenvalue weighted by atomic mass is 10.1. The van der Waals surface area contributed by atoms with Crippen molar-refractivity contribution in [1.82, 2.24) is 5.32 Å². The van der Waals surface area contributed by atoms with Gasteiger partial charge in [0.25, 0.3) is 0 Å². The highest BCUT2D eigenvalue weighted by Crippen LogP contribution is 2.30. The molecule has 0 aliphatic heterocycles. The smallest absolute Gasteiger partial charge is 0.387 e. The van der Waals surface area contributed by atoms with E-state index in [1.54, 1.807) is 18.2 Å². The van der Waals surface area contributed by atoms with Crippen molar-refractivity contribution >= 4 is 17.5 Å². The highest BCUT2D eigenvalue weighted by Gasteiger charge is 2.30. The monoisotopic (exact) mass is 371 g/mol. The van der Waals surface area contributed by atoms with Crippen LogP contribution in [0.5, 0.6) is 0 Å². The fraction of sp³-hybridized carbons (Fsp3) is 0.278. The zero-order valence-electron chi connectivity index (χ0n) is 13.2. The average Bonchev–Trinajstić information content (AvgIpc) is 2.57. The van der Waals surface area contributed by atoms with E-state index in [1.807, 2.05) is 6.07 Å². The van der Waals surface area contributed by atoms with Crippen LogP contribution in [-0.4, -0.2) is 17.6 Å². The van der Waals surface area contributed by atoms with Gasteiger partial charge in [-0.15, -0.1) is 0 Å². The fourth-order valence-corrected chi connectivity index (χ4v) is 2.50. The molecule has 0 aliphatic carbocycles. The molecule has 0 saturated carbocycles. The minimum atomic E-state index is -4.48. The number of benzene rings is 2. The predicted octanol–water partition coefficient (Wildman–Crippen LogP) is 4.14. The van der Waals surface area contributed by atoms with Gasteiger partial charge in [0, 0.05) is 18.0 Å². The number of carbonyl (C=O) groups is 1. The van der Waals surface area contributed by atoms with Crippen LogP contribution in [0.3, 0.4) is 0 Å². The number of rotatable bonds is 6. The first-order chi connectivity index (χ1) is 11.8. The topological polar surface area (TPSA) is 49.3 Å². The number of carbonyl (C=O) groups excluding carboxylic acids is 1. The van der Waals surface area contributed by atoms with Crippen LogP contribution >= 0.6 is 11.6 Å². The molecular weight excluding hydrogens is 355 g/mol. The first-order valence-electron chi connectivity index (χ1n) is 7.62. The number of amides is 1. The summed E-state index contributed by atoms with van der Waals surface area (Å²) >= 11 is 5.86. The maximum absolute atomic E-state index is 12.7. The summed E-state index contributed by atoms with van der Waals surface area (Å²) in [4.78, 5) is 11.8. The van der Waals surface area contributed by atoms with Crippen LogP contribution in [-0.2, 0) is 17.4 Å². The number of nitrogens with one attached hydrogen (secondary N) is 1. The Kier molecular flexibility index (Phi) is 6.45. The molecule has 1 atom stereocenters. The summed E-state index contributed by atoms with van der Waals surface area (Å²) in [5.74, 6) is -0.300. The highest BCUT2D eigenvalue weighted by molar-refractivity contribution is 6.30. The molecule has 3 nitrogen and oxygen atoms in total. The summed E-state index contributed by atoms with van der Waals surface area (Å²) in [6, 6.07) is 11.5. The lowest BCUT2D eigenvalue weighted by molar-refractivity contribution is -0.137. The van der Waals surface area contributed by atoms with Gasteiger partial charge in [0.1, 0.15) is 0 Å². The summed E-state index contributed by atoms with van der Waals surface area (Å²) in [6.45, 7) is -0.157. The summed E-state index contributed by atoms with van der Waals surface area (Å²) in [5.41, 5.74) is 0.169. The summed E-state index contributed by atoms with van der Waals surface area (Å²) in [6.07, 6.45) is -5.02. The Morgan fingerprint density at radius 2 is 1.88 bits per heavy atom. The number of aryl methyl sites for hydroxylation is 1. The molecule has 0 aliphatic rings. The third-order valence-corrected chi connectivity index (χ3v) is 3.86. The predicted molar refractivity (Wildman–Crippen MR) is 89.2 cm³/mol. The number of alkyl halides is 3. The average molecular weight is 372 g/mol. The van der Waals surface area contributed by atoms with Gasteiger partial charge in [-0.1, -0.05) is 35.9 Å². The standard InChI is InChI=1S/C18H17ClF3NO2/c19-15-6-1-3-12(9-15)7-8-17(25)23-11-16(24)13-4-2-5-14(10-13)18(20,21)22/h1-6,9-10,16,24H,7-8,11H2,(H,23,25). The van der Waals surface area contributed by atoms with Gasteiger partial charge < -0.3 is 10.4 Å². The molecule has 0 fully saturated rings. The van der Waals surface area contributed by atoms with Crippen molar-refractivity contribution in [3.8, 4) is 0 Å². The molecule has 2 N–H and O–H groups in total. The maximum atomic E-state index is 12.7. The van der Waals surface area contributed by atoms with Gasteiger partial charge in [-0.3, -0.25) is 4.79 Å². The SMILES string of the molecule is O=C(CCc1cccc(Cl)c1)NCC(O)c1cccc(C(F)(F)F)c1. The quantitative estimate of drug-likeness (QED) is 0.801. The Balaban J connectivity index is 1.85. The minimum absolute atomic E-state index is 0.102. The number of hydrogen-bond acceptors (Lipinski definition) is 2. The van der Waals surface area contributed by atoms with E-state index < -0.39 is 17.8 Å². The van der Waals surface area contributed by atoms with E-state index in [1.165, 1.54) is 12.1 Å². The fourth-order valence-electron chi connectivity index (χ4n) is 2.29. The molecule has 0 aromatic heterocycles. The molecule has 134 valence electrons. The highest BCUT2D eigenvalue weighted by atomic mass is 35.5. The lowest BCUT2D eigenvalue weighted by Crippen LogP contribution is -2.28. The van der Waals surface area contributed by atoms with Crippen molar-refractivity contribution in [1.29, 1.82) is 0 Å². The molecule has 7 heteroatoms. The molecule has 0 radical (unpaired) electrons. The van der Waals surface area contributed by atoms with Crippen molar-refractivity contribution in [3.63, 3.8) is 0 Å². The van der Waals surface area contributed by atoms with E-state index >= 15 is 0 Å². The Labute approximate surface area is 148 Å². The third-order valence-electron chi connectivity index (χ3n) is 3.62. The van der Waals surface area contributed by atoms with Gasteiger partial charge in [0.05, 0.1) is 11.7 Å². The molecule has 2 aromatic rings. The minimum Gasteiger partial charge on any atom is -0.387 e. The first-order valence-corrected chi connectivity index (χ1v) is 8.00. The van der Waals surface area contributed by atoms with Crippen molar-refractivity contribution in [2.24, 2.45) is 0 Å². The second-order valence-electron chi connectivity index (χ2n) is 5.57. The van der Waals surface area contributed by atoms with Gasteiger partial charge in [0.2, 0.25) is 5.91 Å². The summed E-state index contributed by atoms with van der Waals surface area (Å²) in [5, 5.41) is 13.1. The molecule has 0 saturated heterocycles. The van der Waals surface area contributed by atoms with Gasteiger partial charge in [-0.2, -0.15) is 13.2 Å². The number of hydrogen-bond donors (Lipinski definition) is 2. The van der Waals surface area contributed by atoms with Gasteiger partial charge in [-0.25, -0.2) is 0 Å². The van der Waals surface area contributed by atoms with E-state index in [0.717, 1.165) is 17.7 Å². The number of aliphatic hydroxyl groups excluding tert-OH is 1. The van der Waals surface area contributed by atoms with Crippen LogP contribution in [0.15, 0.2) is 48.5 Å². The molecule has 25 heavy (non-hydrogen) atoms. The number of aliphatic hydroxyl groups is 1. The van der Waals surface area contributed by atoms with Crippen molar-refractivity contribution in [2.75, 3.05) is 6.54 Å². The van der Waals surface area contributed by atoms with E-state index in [4.69, 9.17) is 11.6 Å². The molecule has 1 unspecified atom stereocenters. The van der Waals surface area contributed by atoms with E-state index in [0.29, 0.717) is 11.4 Å². The van der Waals surface area contributed by atoms with Gasteiger partial charge >= 0.3 is 6.18 Å². The summed E-state index contributed by atoms with van der Waals surface area (Å²) < 4.78 is 38.0. The van der Waals surface area contributed by atoms with Crippen LogP contribution in [0.2, 0.25) is 5.02 Å². The third kappa shape index (κ3) is 6.07. The van der Waals surface area contributed by atoms with Crippen LogP contribution in [0.1, 0.15) is 29.2 Å². The van der Waals surface area contributed by atoms with E-state index in [9.17, 15) is 23.1 Å². The molecule has 1 amide bonds. The van der Waals surface area contributed by atoms with Crippen molar-refractivity contribution in [2.45, 2.75) is 25.1 Å². The Morgan fingerprint density at radius 1 is 1.16 bits per heavy atom. The first kappa shape index (κ1) is 19.3. The Morgan fingerprint density at radius 3 is 2.56 bits per heavy atom. The van der Waals surface area contributed by atoms with Crippen LogP contribution in [0.25, 0.3) is 0 Å². The van der Waals surface area contributed by atoms with Gasteiger partial charge in [0.15, 0.2) is 0 Å². The summed E-state index contributed by atoms with van der Waals surface area (Å²) in [7, 11) is 0. The zero-order valence-corrected chi connectivity index (χ0v) is 13.9. The van der Waals surface area contributed by atoms with Gasteiger partial charge in [-0.05, 0) is 41.8 Å². The molecule has 0 spiro atoms. The second kappa shape index (κ2) is 8.36. The van der Waals surface area contributed by atoms with E-state index in [-0.39, 0.29) is 24.4 Å². The van der Waals surface area contributed by atoms with Crippen LogP contribution < -0.4 is 5.32 Å². The van der Waals surface area contributed by atoms with Crippen LogP contribution in [0.4, 0.5) is 13.2 Å². The molecule has 0 bridgehead atoms. The largest absolute Gasteiger partial charge is 0.416 e. The number of halogens is 4. The zero-order chi connectivity index (χ0) is 18.4. The Hall–Kier alpha value is -2.05. The maximum Gasteiger partial charge on any atom is 0.416 e. The molecular formula is C18H17ClF3NO2. The molecule has 2 rings (SSSR count). The normalized spacial score (nSPS) is 12.7. The lowest BCUT2D eigenvalue weighted by Gasteiger charge is -2.14. The van der Waals surface area contributed by atoms with E-state index in [2.05, 4.69) is 5.32 Å². The van der Waals surface area contributed by atoms with Crippen LogP contribution in [0, 0.1) is 0 Å². The molecule has 2 aromatic carbocycles.